The molecule has 8 nitrogen and oxygen atoms in total. The van der Waals surface area contributed by atoms with Crippen molar-refractivity contribution in [1.29, 1.82) is 0 Å². The lowest BCUT2D eigenvalue weighted by atomic mass is 10.2. The zero-order valence-electron chi connectivity index (χ0n) is 14.6. The Hall–Kier alpha value is -3.16. The molecule has 26 heavy (non-hydrogen) atoms. The lowest BCUT2D eigenvalue weighted by Crippen LogP contribution is -2.47. The van der Waals surface area contributed by atoms with Crippen LogP contribution in [0.4, 0.5) is 11.9 Å². The molecule has 0 atom stereocenters. The second-order valence-electron chi connectivity index (χ2n) is 5.87. The second-order valence-corrected chi connectivity index (χ2v) is 5.87. The van der Waals surface area contributed by atoms with Gasteiger partial charge in [-0.05, 0) is 24.2 Å². The van der Waals surface area contributed by atoms with Gasteiger partial charge in [-0.2, -0.15) is 9.97 Å². The van der Waals surface area contributed by atoms with E-state index in [4.69, 9.17) is 9.26 Å². The molecule has 0 unspecified atom stereocenters. The van der Waals surface area contributed by atoms with Crippen molar-refractivity contribution < 1.29 is 9.26 Å². The predicted molar refractivity (Wildman–Crippen MR) is 97.4 cm³/mol. The van der Waals surface area contributed by atoms with Crippen LogP contribution >= 0.6 is 0 Å². The minimum absolute atomic E-state index is 0.538. The number of nitrogens with zero attached hydrogens (tertiary/aromatic N) is 6. The summed E-state index contributed by atoms with van der Waals surface area (Å²) in [7, 11) is 0. The van der Waals surface area contributed by atoms with E-state index in [9.17, 15) is 0 Å². The molecule has 0 amide bonds. The van der Waals surface area contributed by atoms with Crippen LogP contribution in [0, 0.1) is 0 Å². The van der Waals surface area contributed by atoms with Gasteiger partial charge in [0.25, 0.3) is 11.8 Å². The molecule has 8 heteroatoms. The van der Waals surface area contributed by atoms with E-state index in [1.165, 1.54) is 0 Å². The SMILES string of the molecule is CCOc1ccnc(N2CCN(c3noc(-c4ccccc4)n3)CC2)n1. The molecule has 0 spiro atoms. The second kappa shape index (κ2) is 7.38. The van der Waals surface area contributed by atoms with Crippen LogP contribution in [0.25, 0.3) is 11.5 Å². The highest BCUT2D eigenvalue weighted by molar-refractivity contribution is 5.54. The number of aromatic nitrogens is 4. The van der Waals surface area contributed by atoms with Gasteiger partial charge < -0.3 is 19.1 Å². The highest BCUT2D eigenvalue weighted by Crippen LogP contribution is 2.21. The quantitative estimate of drug-likeness (QED) is 0.692. The van der Waals surface area contributed by atoms with Crippen molar-refractivity contribution in [1.82, 2.24) is 20.1 Å². The van der Waals surface area contributed by atoms with Gasteiger partial charge in [0.2, 0.25) is 11.8 Å². The van der Waals surface area contributed by atoms with Gasteiger partial charge in [-0.15, -0.1) is 0 Å². The summed E-state index contributed by atoms with van der Waals surface area (Å²) >= 11 is 0. The van der Waals surface area contributed by atoms with E-state index in [0.717, 1.165) is 31.7 Å². The van der Waals surface area contributed by atoms with Crippen LogP contribution in [0.3, 0.4) is 0 Å². The van der Waals surface area contributed by atoms with Crippen LogP contribution in [-0.4, -0.2) is 52.9 Å². The smallest absolute Gasteiger partial charge is 0.266 e. The molecule has 2 aromatic heterocycles. The highest BCUT2D eigenvalue weighted by Gasteiger charge is 2.23. The molecule has 3 heterocycles. The topological polar surface area (TPSA) is 80.4 Å². The van der Waals surface area contributed by atoms with Gasteiger partial charge in [-0.3, -0.25) is 0 Å². The molecule has 1 aliphatic heterocycles. The van der Waals surface area contributed by atoms with Gasteiger partial charge in [0.15, 0.2) is 0 Å². The lowest BCUT2D eigenvalue weighted by molar-refractivity contribution is 0.326. The Morgan fingerprint density at radius 2 is 1.69 bits per heavy atom. The van der Waals surface area contributed by atoms with Crippen LogP contribution in [0.15, 0.2) is 47.1 Å². The molecule has 0 aliphatic carbocycles. The summed E-state index contributed by atoms with van der Waals surface area (Å²) < 4.78 is 10.9. The summed E-state index contributed by atoms with van der Waals surface area (Å²) in [6.07, 6.45) is 1.73. The minimum Gasteiger partial charge on any atom is -0.478 e. The van der Waals surface area contributed by atoms with Gasteiger partial charge in [0, 0.05) is 44.0 Å². The molecule has 0 saturated carbocycles. The molecule has 1 fully saturated rings. The number of anilines is 2. The summed E-state index contributed by atoms with van der Waals surface area (Å²) in [5, 5.41) is 4.12. The Morgan fingerprint density at radius 3 is 2.42 bits per heavy atom. The van der Waals surface area contributed by atoms with E-state index < -0.39 is 0 Å². The average Bonchev–Trinajstić information content (AvgIpc) is 3.20. The number of hydrogen-bond donors (Lipinski definition) is 0. The maximum Gasteiger partial charge on any atom is 0.266 e. The summed E-state index contributed by atoms with van der Waals surface area (Å²) in [4.78, 5) is 17.6. The third kappa shape index (κ3) is 3.44. The molecule has 3 aromatic rings. The number of benzene rings is 1. The van der Waals surface area contributed by atoms with Crippen molar-refractivity contribution in [3.8, 4) is 17.3 Å². The monoisotopic (exact) mass is 352 g/mol. The third-order valence-corrected chi connectivity index (χ3v) is 4.19. The van der Waals surface area contributed by atoms with Crippen molar-refractivity contribution in [3.05, 3.63) is 42.6 Å². The number of ether oxygens (including phenoxy) is 1. The van der Waals surface area contributed by atoms with E-state index in [1.807, 2.05) is 37.3 Å². The molecule has 1 aromatic carbocycles. The molecule has 0 N–H and O–H groups in total. The molecule has 1 saturated heterocycles. The molecule has 0 bridgehead atoms. The largest absolute Gasteiger partial charge is 0.478 e. The first-order valence-electron chi connectivity index (χ1n) is 8.68. The maximum absolute atomic E-state index is 5.45. The number of hydrogen-bond acceptors (Lipinski definition) is 8. The Labute approximate surface area is 151 Å². The van der Waals surface area contributed by atoms with Crippen LogP contribution < -0.4 is 14.5 Å². The van der Waals surface area contributed by atoms with Crippen molar-refractivity contribution in [2.45, 2.75) is 6.92 Å². The standard InChI is InChI=1S/C18H20N6O2/c1-2-25-15-8-9-19-17(20-15)23-10-12-24(13-11-23)18-21-16(26-22-18)14-6-4-3-5-7-14/h3-9H,2,10-13H2,1H3. The van der Waals surface area contributed by atoms with Crippen LogP contribution in [0.2, 0.25) is 0 Å². The summed E-state index contributed by atoms with van der Waals surface area (Å²) in [6.45, 7) is 5.64. The number of piperazine rings is 1. The number of rotatable bonds is 5. The zero-order valence-corrected chi connectivity index (χ0v) is 14.6. The Bertz CT molecular complexity index is 846. The first-order chi connectivity index (χ1) is 12.8. The van der Waals surface area contributed by atoms with Crippen molar-refractivity contribution in [3.63, 3.8) is 0 Å². The summed E-state index contributed by atoms with van der Waals surface area (Å²) in [5.41, 5.74) is 0.922. The van der Waals surface area contributed by atoms with Crippen molar-refractivity contribution >= 4 is 11.9 Å². The average molecular weight is 352 g/mol. The van der Waals surface area contributed by atoms with Gasteiger partial charge in [0.1, 0.15) is 0 Å². The van der Waals surface area contributed by atoms with Crippen LogP contribution in [-0.2, 0) is 0 Å². The van der Waals surface area contributed by atoms with E-state index >= 15 is 0 Å². The molecule has 4 rings (SSSR count). The van der Waals surface area contributed by atoms with Gasteiger partial charge >= 0.3 is 0 Å². The van der Waals surface area contributed by atoms with E-state index in [2.05, 4.69) is 29.9 Å². The predicted octanol–water partition coefficient (Wildman–Crippen LogP) is 2.25. The molecule has 0 radical (unpaired) electrons. The molecular formula is C18H20N6O2. The Morgan fingerprint density at radius 1 is 0.962 bits per heavy atom. The first kappa shape index (κ1) is 16.3. The van der Waals surface area contributed by atoms with Gasteiger partial charge in [0.05, 0.1) is 6.61 Å². The lowest BCUT2D eigenvalue weighted by Gasteiger charge is -2.33. The third-order valence-electron chi connectivity index (χ3n) is 4.19. The minimum atomic E-state index is 0.538. The van der Waals surface area contributed by atoms with E-state index in [1.54, 1.807) is 12.3 Å². The van der Waals surface area contributed by atoms with Crippen molar-refractivity contribution in [2.24, 2.45) is 0 Å². The Kier molecular flexibility index (Phi) is 4.63. The van der Waals surface area contributed by atoms with E-state index in [-0.39, 0.29) is 0 Å². The Balaban J connectivity index is 1.41. The molecule has 1 aliphatic rings. The maximum atomic E-state index is 5.45. The first-order valence-corrected chi connectivity index (χ1v) is 8.68. The fraction of sp³-hybridized carbons (Fsp3) is 0.333. The zero-order chi connectivity index (χ0) is 17.8. The summed E-state index contributed by atoms with van der Waals surface area (Å²) in [6, 6.07) is 11.6. The van der Waals surface area contributed by atoms with Gasteiger partial charge in [-0.1, -0.05) is 18.2 Å². The molecule has 134 valence electrons. The highest BCUT2D eigenvalue weighted by atomic mass is 16.5. The van der Waals surface area contributed by atoms with E-state index in [0.29, 0.717) is 30.3 Å². The fourth-order valence-electron chi connectivity index (χ4n) is 2.86. The van der Waals surface area contributed by atoms with Crippen LogP contribution in [0.5, 0.6) is 5.88 Å². The molecular weight excluding hydrogens is 332 g/mol. The fourth-order valence-corrected chi connectivity index (χ4v) is 2.86. The van der Waals surface area contributed by atoms with Gasteiger partial charge in [-0.25, -0.2) is 4.98 Å². The van der Waals surface area contributed by atoms with Crippen molar-refractivity contribution in [2.75, 3.05) is 42.6 Å². The summed E-state index contributed by atoms with van der Waals surface area (Å²) in [5.74, 6) is 2.45. The van der Waals surface area contributed by atoms with Crippen LogP contribution in [0.1, 0.15) is 6.92 Å². The normalized spacial score (nSPS) is 14.5.